The van der Waals surface area contributed by atoms with Gasteiger partial charge in [-0.05, 0) is 18.9 Å². The number of anilines is 1. The number of hydrogen-bond donors (Lipinski definition) is 1. The lowest BCUT2D eigenvalue weighted by Crippen LogP contribution is -2.28. The lowest BCUT2D eigenvalue weighted by atomic mass is 9.90. The van der Waals surface area contributed by atoms with Gasteiger partial charge in [0.2, 0.25) is 0 Å². The first-order chi connectivity index (χ1) is 11.2. The minimum Gasteiger partial charge on any atom is -0.383 e. The number of rotatable bonds is 3. The largest absolute Gasteiger partial charge is 0.419 e. The van der Waals surface area contributed by atoms with Crippen LogP contribution in [0.3, 0.4) is 0 Å². The monoisotopic (exact) mass is 342 g/mol. The van der Waals surface area contributed by atoms with Crippen molar-refractivity contribution in [2.45, 2.75) is 51.0 Å². The van der Waals surface area contributed by atoms with E-state index in [0.717, 1.165) is 11.9 Å². The Morgan fingerprint density at radius 2 is 1.96 bits per heavy atom. The standard InChI is InChI=1S/C16H18F4N4/c1-8(2)15-23-13(7-24(15)11-4-10(17)5-11)9-3-12(16(18,19)20)14(21)22-6-9/h3,6-8,10-11H,4-5H2,1-2H3,(H2,21,22)/t10-,11+. The van der Waals surface area contributed by atoms with E-state index in [2.05, 4.69) is 9.97 Å². The predicted molar refractivity (Wildman–Crippen MR) is 82.1 cm³/mol. The molecular formula is C16H18F4N4. The topological polar surface area (TPSA) is 56.7 Å². The molecule has 0 atom stereocenters. The van der Waals surface area contributed by atoms with Crippen molar-refractivity contribution in [3.8, 4) is 11.3 Å². The average Bonchev–Trinajstić information content (AvgIpc) is 2.88. The van der Waals surface area contributed by atoms with Gasteiger partial charge in [0.05, 0.1) is 11.3 Å². The highest BCUT2D eigenvalue weighted by Crippen LogP contribution is 2.39. The van der Waals surface area contributed by atoms with Gasteiger partial charge in [0, 0.05) is 29.9 Å². The zero-order valence-corrected chi connectivity index (χ0v) is 13.3. The number of nitrogens with two attached hydrogens (primary N) is 1. The van der Waals surface area contributed by atoms with Crippen molar-refractivity contribution >= 4 is 5.82 Å². The first-order valence-corrected chi connectivity index (χ1v) is 7.72. The van der Waals surface area contributed by atoms with Crippen LogP contribution in [0.15, 0.2) is 18.5 Å². The number of nitrogen functional groups attached to an aromatic ring is 1. The molecule has 1 fully saturated rings. The highest BCUT2D eigenvalue weighted by Gasteiger charge is 2.35. The number of hydrogen-bond acceptors (Lipinski definition) is 3. The molecule has 1 saturated carbocycles. The summed E-state index contributed by atoms with van der Waals surface area (Å²) in [5.74, 6) is 0.238. The van der Waals surface area contributed by atoms with Crippen LogP contribution in [0.4, 0.5) is 23.4 Å². The Morgan fingerprint density at radius 1 is 1.29 bits per heavy atom. The summed E-state index contributed by atoms with van der Waals surface area (Å²) in [7, 11) is 0. The van der Waals surface area contributed by atoms with Crippen molar-refractivity contribution in [3.63, 3.8) is 0 Å². The Morgan fingerprint density at radius 3 is 2.50 bits per heavy atom. The first kappa shape index (κ1) is 16.7. The quantitative estimate of drug-likeness (QED) is 0.844. The fraction of sp³-hybridized carbons (Fsp3) is 0.500. The zero-order chi connectivity index (χ0) is 17.6. The third kappa shape index (κ3) is 2.97. The van der Waals surface area contributed by atoms with Gasteiger partial charge in [0.25, 0.3) is 0 Å². The Hall–Kier alpha value is -2.12. The van der Waals surface area contributed by atoms with Crippen molar-refractivity contribution in [1.82, 2.24) is 14.5 Å². The predicted octanol–water partition coefficient (Wildman–Crippen LogP) is 4.34. The minimum atomic E-state index is -4.58. The molecule has 2 aromatic rings. The molecule has 0 saturated heterocycles. The molecule has 1 aliphatic rings. The van der Waals surface area contributed by atoms with Crippen LogP contribution < -0.4 is 5.73 Å². The van der Waals surface area contributed by atoms with Crippen molar-refractivity contribution in [2.24, 2.45) is 0 Å². The maximum Gasteiger partial charge on any atom is 0.419 e. The summed E-state index contributed by atoms with van der Waals surface area (Å²) in [5, 5.41) is 0. The van der Waals surface area contributed by atoms with Crippen molar-refractivity contribution in [3.05, 3.63) is 29.8 Å². The fourth-order valence-corrected chi connectivity index (χ4v) is 2.86. The van der Waals surface area contributed by atoms with Crippen molar-refractivity contribution in [2.75, 3.05) is 5.73 Å². The third-order valence-electron chi connectivity index (χ3n) is 4.25. The van der Waals surface area contributed by atoms with E-state index >= 15 is 0 Å². The van der Waals surface area contributed by atoms with Gasteiger partial charge in [-0.15, -0.1) is 0 Å². The molecule has 4 nitrogen and oxygen atoms in total. The van der Waals surface area contributed by atoms with Gasteiger partial charge in [0.1, 0.15) is 17.8 Å². The Labute approximate surface area is 136 Å². The summed E-state index contributed by atoms with van der Waals surface area (Å²) in [6, 6.07) is 0.958. The molecule has 0 amide bonds. The van der Waals surface area contributed by atoms with Crippen LogP contribution in [-0.4, -0.2) is 20.7 Å². The molecule has 2 heterocycles. The molecule has 0 bridgehead atoms. The van der Waals surface area contributed by atoms with Gasteiger partial charge < -0.3 is 10.3 Å². The van der Waals surface area contributed by atoms with Crippen LogP contribution in [0, 0.1) is 0 Å². The van der Waals surface area contributed by atoms with E-state index in [0.29, 0.717) is 18.5 Å². The highest BCUT2D eigenvalue weighted by molar-refractivity contribution is 5.62. The molecule has 2 N–H and O–H groups in total. The average molecular weight is 342 g/mol. The molecule has 8 heteroatoms. The van der Waals surface area contributed by atoms with Crippen LogP contribution in [0.1, 0.15) is 50.0 Å². The number of imidazole rings is 1. The molecular weight excluding hydrogens is 324 g/mol. The first-order valence-electron chi connectivity index (χ1n) is 7.72. The molecule has 24 heavy (non-hydrogen) atoms. The molecule has 0 aromatic carbocycles. The summed E-state index contributed by atoms with van der Waals surface area (Å²) in [5.41, 5.74) is 4.99. The fourth-order valence-electron chi connectivity index (χ4n) is 2.86. The molecule has 0 unspecified atom stereocenters. The van der Waals surface area contributed by atoms with E-state index in [1.54, 1.807) is 6.20 Å². The van der Waals surface area contributed by atoms with E-state index in [1.165, 1.54) is 6.20 Å². The van der Waals surface area contributed by atoms with Gasteiger partial charge in [-0.1, -0.05) is 13.8 Å². The third-order valence-corrected chi connectivity index (χ3v) is 4.25. The Kier molecular flexibility index (Phi) is 4.01. The molecule has 0 aliphatic heterocycles. The number of aromatic nitrogens is 3. The summed E-state index contributed by atoms with van der Waals surface area (Å²) < 4.78 is 54.1. The number of alkyl halides is 4. The lowest BCUT2D eigenvalue weighted by molar-refractivity contribution is -0.137. The Bertz CT molecular complexity index is 745. The molecule has 0 radical (unpaired) electrons. The van der Waals surface area contributed by atoms with Crippen molar-refractivity contribution < 1.29 is 17.6 Å². The summed E-state index contributed by atoms with van der Waals surface area (Å²) in [6.07, 6.45) is -1.63. The number of halogens is 4. The van der Waals surface area contributed by atoms with E-state index in [1.807, 2.05) is 18.4 Å². The van der Waals surface area contributed by atoms with Gasteiger partial charge in [-0.3, -0.25) is 0 Å². The van der Waals surface area contributed by atoms with E-state index < -0.39 is 23.7 Å². The van der Waals surface area contributed by atoms with E-state index in [9.17, 15) is 17.6 Å². The van der Waals surface area contributed by atoms with Crippen LogP contribution in [0.5, 0.6) is 0 Å². The smallest absolute Gasteiger partial charge is 0.383 e. The SMILES string of the molecule is CC(C)c1nc(-c2cnc(N)c(C(F)(F)F)c2)cn1[C@H]1C[C@@H](F)C1. The van der Waals surface area contributed by atoms with Gasteiger partial charge in [-0.25, -0.2) is 14.4 Å². The molecule has 3 rings (SSSR count). The van der Waals surface area contributed by atoms with Gasteiger partial charge >= 0.3 is 6.18 Å². The number of nitrogens with zero attached hydrogens (tertiary/aromatic N) is 3. The highest BCUT2D eigenvalue weighted by atomic mass is 19.4. The summed E-state index contributed by atoms with van der Waals surface area (Å²) in [4.78, 5) is 8.10. The van der Waals surface area contributed by atoms with Gasteiger partial charge in [0.15, 0.2) is 0 Å². The summed E-state index contributed by atoms with van der Waals surface area (Å²) in [6.45, 7) is 3.88. The van der Waals surface area contributed by atoms with E-state index in [4.69, 9.17) is 5.73 Å². The molecule has 1 aliphatic carbocycles. The van der Waals surface area contributed by atoms with E-state index in [-0.39, 0.29) is 17.5 Å². The second kappa shape index (κ2) is 5.75. The molecule has 130 valence electrons. The summed E-state index contributed by atoms with van der Waals surface area (Å²) >= 11 is 0. The van der Waals surface area contributed by atoms with Crippen LogP contribution >= 0.6 is 0 Å². The Balaban J connectivity index is 2.02. The maximum atomic E-state index is 13.2. The van der Waals surface area contributed by atoms with Crippen LogP contribution in [-0.2, 0) is 6.18 Å². The number of pyridine rings is 1. The second-order valence-corrected chi connectivity index (χ2v) is 6.42. The van der Waals surface area contributed by atoms with Crippen LogP contribution in [0.25, 0.3) is 11.3 Å². The zero-order valence-electron chi connectivity index (χ0n) is 13.3. The minimum absolute atomic E-state index is 0.00229. The van der Waals surface area contributed by atoms with Crippen molar-refractivity contribution in [1.29, 1.82) is 0 Å². The lowest BCUT2D eigenvalue weighted by Gasteiger charge is -2.32. The van der Waals surface area contributed by atoms with Gasteiger partial charge in [-0.2, -0.15) is 13.2 Å². The molecule has 2 aromatic heterocycles. The normalized spacial score (nSPS) is 21.1. The maximum absolute atomic E-state index is 13.2. The molecule has 0 spiro atoms. The second-order valence-electron chi connectivity index (χ2n) is 6.42. The van der Waals surface area contributed by atoms with Crippen LogP contribution in [0.2, 0.25) is 0 Å².